The number of Topliss-reactive ketones (excluding diaryl/α,β-unsaturated/α-hetero) is 1. The van der Waals surface area contributed by atoms with Gasteiger partial charge in [-0.3, -0.25) is 9.59 Å². The van der Waals surface area contributed by atoms with E-state index in [0.29, 0.717) is 6.07 Å². The van der Waals surface area contributed by atoms with Crippen molar-refractivity contribution in [2.75, 3.05) is 6.61 Å². The SMILES string of the molecule is C=CCOC(=O)CC(=O)c1cc(F)c(F)cc1F. The van der Waals surface area contributed by atoms with E-state index >= 15 is 0 Å². The number of hydrogen-bond acceptors (Lipinski definition) is 3. The summed E-state index contributed by atoms with van der Waals surface area (Å²) in [7, 11) is 0. The van der Waals surface area contributed by atoms with Crippen LogP contribution in [0.15, 0.2) is 24.8 Å². The first-order chi connectivity index (χ1) is 8.45. The summed E-state index contributed by atoms with van der Waals surface area (Å²) in [4.78, 5) is 22.5. The maximum atomic E-state index is 13.2. The Balaban J connectivity index is 2.81. The smallest absolute Gasteiger partial charge is 0.314 e. The van der Waals surface area contributed by atoms with Gasteiger partial charge in [0.25, 0.3) is 0 Å². The van der Waals surface area contributed by atoms with Crippen LogP contribution < -0.4 is 0 Å². The molecule has 0 saturated carbocycles. The zero-order valence-electron chi connectivity index (χ0n) is 9.21. The minimum atomic E-state index is -1.40. The zero-order valence-corrected chi connectivity index (χ0v) is 9.21. The number of halogens is 3. The van der Waals surface area contributed by atoms with Crippen molar-refractivity contribution >= 4 is 11.8 Å². The van der Waals surface area contributed by atoms with Crippen LogP contribution in [0.5, 0.6) is 0 Å². The second-order valence-corrected chi connectivity index (χ2v) is 3.32. The van der Waals surface area contributed by atoms with E-state index in [2.05, 4.69) is 11.3 Å². The van der Waals surface area contributed by atoms with E-state index < -0.39 is 41.2 Å². The van der Waals surface area contributed by atoms with Gasteiger partial charge in [0.15, 0.2) is 17.4 Å². The quantitative estimate of drug-likeness (QED) is 0.268. The number of esters is 1. The molecule has 3 nitrogen and oxygen atoms in total. The van der Waals surface area contributed by atoms with E-state index in [1.807, 2.05) is 0 Å². The molecule has 0 aliphatic heterocycles. The Hall–Kier alpha value is -2.11. The second kappa shape index (κ2) is 6.00. The van der Waals surface area contributed by atoms with Crippen LogP contribution in [0.2, 0.25) is 0 Å². The van der Waals surface area contributed by atoms with Crippen LogP contribution in [-0.2, 0) is 9.53 Å². The molecule has 0 amide bonds. The Bertz CT molecular complexity index is 498. The molecular formula is C12H9F3O3. The monoisotopic (exact) mass is 258 g/mol. The maximum Gasteiger partial charge on any atom is 0.314 e. The lowest BCUT2D eigenvalue weighted by molar-refractivity contribution is -0.141. The van der Waals surface area contributed by atoms with Gasteiger partial charge in [-0.2, -0.15) is 0 Å². The molecule has 0 heterocycles. The van der Waals surface area contributed by atoms with Crippen molar-refractivity contribution in [3.8, 4) is 0 Å². The number of carbonyl (C=O) groups excluding carboxylic acids is 2. The van der Waals surface area contributed by atoms with Crippen LogP contribution in [0.4, 0.5) is 13.2 Å². The second-order valence-electron chi connectivity index (χ2n) is 3.32. The fourth-order valence-corrected chi connectivity index (χ4v) is 1.17. The van der Waals surface area contributed by atoms with Crippen molar-refractivity contribution in [1.29, 1.82) is 0 Å². The molecule has 0 saturated heterocycles. The molecule has 0 aromatic heterocycles. The van der Waals surface area contributed by atoms with Crippen molar-refractivity contribution in [2.45, 2.75) is 6.42 Å². The Morgan fingerprint density at radius 3 is 2.39 bits per heavy atom. The molecule has 0 unspecified atom stereocenters. The minimum Gasteiger partial charge on any atom is -0.461 e. The average molecular weight is 258 g/mol. The first-order valence-corrected chi connectivity index (χ1v) is 4.90. The number of benzene rings is 1. The normalized spacial score (nSPS) is 9.94. The Morgan fingerprint density at radius 1 is 1.17 bits per heavy atom. The van der Waals surface area contributed by atoms with E-state index in [-0.39, 0.29) is 12.7 Å². The predicted molar refractivity (Wildman–Crippen MR) is 56.4 cm³/mol. The van der Waals surface area contributed by atoms with Gasteiger partial charge >= 0.3 is 5.97 Å². The fourth-order valence-electron chi connectivity index (χ4n) is 1.17. The number of ketones is 1. The van der Waals surface area contributed by atoms with E-state index in [1.165, 1.54) is 6.08 Å². The third-order valence-electron chi connectivity index (χ3n) is 1.98. The van der Waals surface area contributed by atoms with Crippen LogP contribution in [0.3, 0.4) is 0 Å². The number of rotatable bonds is 5. The summed E-state index contributed by atoms with van der Waals surface area (Å²) in [5.74, 6) is -5.88. The van der Waals surface area contributed by atoms with Gasteiger partial charge in [0.1, 0.15) is 18.8 Å². The molecule has 0 spiro atoms. The lowest BCUT2D eigenvalue weighted by Gasteiger charge is -2.04. The highest BCUT2D eigenvalue weighted by atomic mass is 19.2. The van der Waals surface area contributed by atoms with E-state index in [0.717, 1.165) is 0 Å². The molecule has 0 bridgehead atoms. The maximum absolute atomic E-state index is 13.2. The van der Waals surface area contributed by atoms with Gasteiger partial charge in [0.05, 0.1) is 5.56 Å². The largest absolute Gasteiger partial charge is 0.461 e. The first-order valence-electron chi connectivity index (χ1n) is 4.90. The molecule has 0 atom stereocenters. The standard InChI is InChI=1S/C12H9F3O3/c1-2-3-18-12(17)6-11(16)7-4-9(14)10(15)5-8(7)13/h2,4-5H,1,3,6H2. The van der Waals surface area contributed by atoms with E-state index in [9.17, 15) is 22.8 Å². The third kappa shape index (κ3) is 3.44. The molecule has 1 aromatic rings. The summed E-state index contributed by atoms with van der Waals surface area (Å²) in [5, 5.41) is 0. The molecule has 0 aliphatic carbocycles. The van der Waals surface area contributed by atoms with Gasteiger partial charge in [-0.15, -0.1) is 0 Å². The third-order valence-corrected chi connectivity index (χ3v) is 1.98. The van der Waals surface area contributed by atoms with Crippen molar-refractivity contribution in [1.82, 2.24) is 0 Å². The molecule has 0 N–H and O–H groups in total. The summed E-state index contributed by atoms with van der Waals surface area (Å²) < 4.78 is 43.2. The highest BCUT2D eigenvalue weighted by Gasteiger charge is 2.19. The topological polar surface area (TPSA) is 43.4 Å². The van der Waals surface area contributed by atoms with Crippen LogP contribution in [-0.4, -0.2) is 18.4 Å². The fraction of sp³-hybridized carbons (Fsp3) is 0.167. The van der Waals surface area contributed by atoms with E-state index in [1.54, 1.807) is 0 Å². The molecule has 0 fully saturated rings. The highest BCUT2D eigenvalue weighted by Crippen LogP contribution is 2.15. The van der Waals surface area contributed by atoms with Gasteiger partial charge in [-0.1, -0.05) is 12.7 Å². The van der Waals surface area contributed by atoms with Gasteiger partial charge < -0.3 is 4.74 Å². The average Bonchev–Trinajstić information content (AvgIpc) is 2.31. The van der Waals surface area contributed by atoms with Crippen LogP contribution in [0.25, 0.3) is 0 Å². The lowest BCUT2D eigenvalue weighted by atomic mass is 10.1. The Labute approximate surface area is 101 Å². The molecule has 18 heavy (non-hydrogen) atoms. The van der Waals surface area contributed by atoms with Gasteiger partial charge in [-0.05, 0) is 6.07 Å². The molecule has 1 rings (SSSR count). The molecular weight excluding hydrogens is 249 g/mol. The summed E-state index contributed by atoms with van der Waals surface area (Å²) in [6, 6.07) is 0.658. The summed E-state index contributed by atoms with van der Waals surface area (Å²) in [6.07, 6.45) is 0.538. The van der Waals surface area contributed by atoms with Crippen molar-refractivity contribution in [3.05, 3.63) is 47.8 Å². The van der Waals surface area contributed by atoms with Crippen LogP contribution in [0, 0.1) is 17.5 Å². The summed E-state index contributed by atoms with van der Waals surface area (Å²) in [6.45, 7) is 3.20. The van der Waals surface area contributed by atoms with Crippen molar-refractivity contribution < 1.29 is 27.5 Å². The van der Waals surface area contributed by atoms with Crippen molar-refractivity contribution in [3.63, 3.8) is 0 Å². The minimum absolute atomic E-state index is 0.0909. The highest BCUT2D eigenvalue weighted by molar-refractivity contribution is 6.06. The Kier molecular flexibility index (Phi) is 4.65. The van der Waals surface area contributed by atoms with E-state index in [4.69, 9.17) is 0 Å². The number of hydrogen-bond donors (Lipinski definition) is 0. The molecule has 0 radical (unpaired) electrons. The summed E-state index contributed by atoms with van der Waals surface area (Å²) in [5.41, 5.74) is -0.690. The predicted octanol–water partition coefficient (Wildman–Crippen LogP) is 2.41. The lowest BCUT2D eigenvalue weighted by Crippen LogP contribution is -2.13. The summed E-state index contributed by atoms with van der Waals surface area (Å²) >= 11 is 0. The zero-order chi connectivity index (χ0) is 13.7. The van der Waals surface area contributed by atoms with Crippen molar-refractivity contribution in [2.24, 2.45) is 0 Å². The molecule has 96 valence electrons. The van der Waals surface area contributed by atoms with Gasteiger partial charge in [0, 0.05) is 6.07 Å². The Morgan fingerprint density at radius 2 is 1.78 bits per heavy atom. The molecule has 6 heteroatoms. The number of ether oxygens (including phenoxy) is 1. The van der Waals surface area contributed by atoms with Gasteiger partial charge in [0.2, 0.25) is 0 Å². The molecule has 0 aliphatic rings. The molecule has 1 aromatic carbocycles. The number of carbonyl (C=O) groups is 2. The van der Waals surface area contributed by atoms with Gasteiger partial charge in [-0.25, -0.2) is 13.2 Å². The van der Waals surface area contributed by atoms with Crippen LogP contribution >= 0.6 is 0 Å². The first kappa shape index (κ1) is 14.0. The van der Waals surface area contributed by atoms with Crippen LogP contribution in [0.1, 0.15) is 16.8 Å².